The molecule has 3 nitrogen and oxygen atoms in total. The zero-order valence-corrected chi connectivity index (χ0v) is 16.3. The molecule has 2 heterocycles. The Morgan fingerprint density at radius 2 is 1.61 bits per heavy atom. The number of aryl methyl sites for hydroxylation is 1. The first kappa shape index (κ1) is 17.4. The molecule has 0 unspecified atom stereocenters. The van der Waals surface area contributed by atoms with Crippen LogP contribution in [0.2, 0.25) is 0 Å². The van der Waals surface area contributed by atoms with Gasteiger partial charge in [0, 0.05) is 13.0 Å². The minimum absolute atomic E-state index is 0.879. The van der Waals surface area contributed by atoms with E-state index in [9.17, 15) is 0 Å². The number of imidazole rings is 1. The van der Waals surface area contributed by atoms with Crippen molar-refractivity contribution in [3.05, 3.63) is 78.1 Å². The summed E-state index contributed by atoms with van der Waals surface area (Å²) in [5.74, 6) is 1.22. The van der Waals surface area contributed by atoms with Gasteiger partial charge in [-0.25, -0.2) is 4.98 Å². The van der Waals surface area contributed by atoms with Crippen molar-refractivity contribution in [2.75, 3.05) is 19.6 Å². The van der Waals surface area contributed by atoms with Gasteiger partial charge in [0.25, 0.3) is 0 Å². The van der Waals surface area contributed by atoms with Crippen LogP contribution in [0.3, 0.4) is 0 Å². The highest BCUT2D eigenvalue weighted by Gasteiger charge is 2.14. The van der Waals surface area contributed by atoms with Crippen LogP contribution in [0.5, 0.6) is 0 Å². The predicted octanol–water partition coefficient (Wildman–Crippen LogP) is 5.27. The molecule has 28 heavy (non-hydrogen) atoms. The van der Waals surface area contributed by atoms with Gasteiger partial charge in [-0.2, -0.15) is 0 Å². The molecule has 0 aliphatic carbocycles. The third-order valence-electron chi connectivity index (χ3n) is 5.96. The Bertz CT molecular complexity index is 1090. The lowest BCUT2D eigenvalue weighted by molar-refractivity contribution is 0.332. The maximum atomic E-state index is 4.98. The number of benzene rings is 3. The highest BCUT2D eigenvalue weighted by molar-refractivity contribution is 5.83. The molecule has 0 amide bonds. The van der Waals surface area contributed by atoms with Crippen molar-refractivity contribution >= 4 is 21.8 Å². The lowest BCUT2D eigenvalue weighted by Crippen LogP contribution is -2.21. The molecule has 0 radical (unpaired) electrons. The van der Waals surface area contributed by atoms with Gasteiger partial charge in [-0.05, 0) is 73.4 Å². The van der Waals surface area contributed by atoms with Gasteiger partial charge in [0.2, 0.25) is 0 Å². The molecule has 0 N–H and O–H groups in total. The van der Waals surface area contributed by atoms with Crippen LogP contribution in [0, 0.1) is 0 Å². The number of hydrogen-bond donors (Lipinski definition) is 0. The van der Waals surface area contributed by atoms with E-state index >= 15 is 0 Å². The van der Waals surface area contributed by atoms with Gasteiger partial charge in [0.1, 0.15) is 5.82 Å². The Morgan fingerprint density at radius 3 is 2.50 bits per heavy atom. The molecule has 5 rings (SSSR count). The Balaban J connectivity index is 1.42. The van der Waals surface area contributed by atoms with Gasteiger partial charge in [-0.3, -0.25) is 0 Å². The summed E-state index contributed by atoms with van der Waals surface area (Å²) in [5.41, 5.74) is 3.69. The fourth-order valence-electron chi connectivity index (χ4n) is 4.48. The predicted molar refractivity (Wildman–Crippen MR) is 117 cm³/mol. The van der Waals surface area contributed by atoms with Crippen LogP contribution in [0.15, 0.2) is 66.7 Å². The third kappa shape index (κ3) is 3.55. The number of likely N-dealkylation sites (tertiary alicyclic amines) is 1. The van der Waals surface area contributed by atoms with E-state index in [4.69, 9.17) is 4.98 Å². The lowest BCUT2D eigenvalue weighted by atomic mass is 10.1. The molecule has 1 fully saturated rings. The van der Waals surface area contributed by atoms with Crippen LogP contribution in [0.4, 0.5) is 0 Å². The SMILES string of the molecule is c1ccc2cc(Cn3c(CCCN4CCCC4)nc4ccccc43)ccc2c1. The Labute approximate surface area is 166 Å². The molecule has 3 heteroatoms. The molecule has 0 saturated carbocycles. The van der Waals surface area contributed by atoms with Crippen molar-refractivity contribution in [1.82, 2.24) is 14.5 Å². The molecule has 142 valence electrons. The number of rotatable bonds is 6. The van der Waals surface area contributed by atoms with Gasteiger partial charge in [-0.1, -0.05) is 48.5 Å². The van der Waals surface area contributed by atoms with E-state index in [-0.39, 0.29) is 0 Å². The number of aromatic nitrogens is 2. The Morgan fingerprint density at radius 1 is 0.821 bits per heavy atom. The van der Waals surface area contributed by atoms with Crippen molar-refractivity contribution in [2.24, 2.45) is 0 Å². The quantitative estimate of drug-likeness (QED) is 0.462. The first-order valence-corrected chi connectivity index (χ1v) is 10.5. The molecule has 1 aromatic heterocycles. The van der Waals surface area contributed by atoms with E-state index in [1.165, 1.54) is 66.6 Å². The fourth-order valence-corrected chi connectivity index (χ4v) is 4.48. The van der Waals surface area contributed by atoms with Crippen molar-refractivity contribution in [3.63, 3.8) is 0 Å². The molecule has 1 aliphatic rings. The summed E-state index contributed by atoms with van der Waals surface area (Å²) >= 11 is 0. The van der Waals surface area contributed by atoms with E-state index in [1.807, 2.05) is 0 Å². The molecule has 1 saturated heterocycles. The zero-order chi connectivity index (χ0) is 18.8. The summed E-state index contributed by atoms with van der Waals surface area (Å²) in [7, 11) is 0. The van der Waals surface area contributed by atoms with E-state index in [0.29, 0.717) is 0 Å². The second kappa shape index (κ2) is 7.76. The summed E-state index contributed by atoms with van der Waals surface area (Å²) < 4.78 is 2.42. The van der Waals surface area contributed by atoms with Crippen LogP contribution in [-0.2, 0) is 13.0 Å². The standard InChI is InChI=1S/C25H27N3/c1-2-9-22-18-20(13-14-21(22)8-1)19-28-24-11-4-3-10-23(24)26-25(28)12-7-17-27-15-5-6-16-27/h1-4,8-11,13-14,18H,5-7,12,15-17,19H2. The van der Waals surface area contributed by atoms with Gasteiger partial charge in [0.05, 0.1) is 11.0 Å². The molecule has 0 spiro atoms. The summed E-state index contributed by atoms with van der Waals surface area (Å²) in [6.45, 7) is 4.62. The molecule has 0 atom stereocenters. The van der Waals surface area contributed by atoms with Crippen LogP contribution >= 0.6 is 0 Å². The van der Waals surface area contributed by atoms with Crippen LogP contribution in [0.25, 0.3) is 21.8 Å². The minimum Gasteiger partial charge on any atom is -0.323 e. The average Bonchev–Trinajstić information content (AvgIpc) is 3.37. The normalized spacial score (nSPS) is 15.0. The van der Waals surface area contributed by atoms with Crippen molar-refractivity contribution < 1.29 is 0 Å². The van der Waals surface area contributed by atoms with Crippen molar-refractivity contribution in [1.29, 1.82) is 0 Å². The highest BCUT2D eigenvalue weighted by atomic mass is 15.1. The molecule has 1 aliphatic heterocycles. The third-order valence-corrected chi connectivity index (χ3v) is 5.96. The largest absolute Gasteiger partial charge is 0.323 e. The first-order chi connectivity index (χ1) is 13.9. The molecular formula is C25H27N3. The Hall–Kier alpha value is -2.65. The molecular weight excluding hydrogens is 342 g/mol. The van der Waals surface area contributed by atoms with Crippen molar-refractivity contribution in [2.45, 2.75) is 32.2 Å². The second-order valence-corrected chi connectivity index (χ2v) is 7.94. The van der Waals surface area contributed by atoms with E-state index in [2.05, 4.69) is 76.2 Å². The summed E-state index contributed by atoms with van der Waals surface area (Å²) in [5, 5.41) is 2.60. The van der Waals surface area contributed by atoms with Gasteiger partial charge < -0.3 is 9.47 Å². The number of para-hydroxylation sites is 2. The van der Waals surface area contributed by atoms with E-state index in [1.54, 1.807) is 0 Å². The second-order valence-electron chi connectivity index (χ2n) is 7.94. The summed E-state index contributed by atoms with van der Waals surface area (Å²) in [6, 6.07) is 23.9. The maximum absolute atomic E-state index is 4.98. The lowest BCUT2D eigenvalue weighted by Gasteiger charge is -2.15. The maximum Gasteiger partial charge on any atom is 0.110 e. The van der Waals surface area contributed by atoms with Gasteiger partial charge in [-0.15, -0.1) is 0 Å². The molecule has 3 aromatic carbocycles. The molecule has 4 aromatic rings. The van der Waals surface area contributed by atoms with E-state index < -0.39 is 0 Å². The topological polar surface area (TPSA) is 21.1 Å². The van der Waals surface area contributed by atoms with E-state index in [0.717, 1.165) is 18.5 Å². The fraction of sp³-hybridized carbons (Fsp3) is 0.320. The smallest absolute Gasteiger partial charge is 0.110 e. The monoisotopic (exact) mass is 369 g/mol. The van der Waals surface area contributed by atoms with Gasteiger partial charge >= 0.3 is 0 Å². The minimum atomic E-state index is 0.879. The average molecular weight is 370 g/mol. The van der Waals surface area contributed by atoms with Gasteiger partial charge in [0.15, 0.2) is 0 Å². The summed E-state index contributed by atoms with van der Waals surface area (Å²) in [6.07, 6.45) is 4.95. The van der Waals surface area contributed by atoms with Crippen LogP contribution in [-0.4, -0.2) is 34.1 Å². The first-order valence-electron chi connectivity index (χ1n) is 10.5. The number of hydrogen-bond acceptors (Lipinski definition) is 2. The number of fused-ring (bicyclic) bond motifs is 2. The highest BCUT2D eigenvalue weighted by Crippen LogP contribution is 2.22. The van der Waals surface area contributed by atoms with Crippen LogP contribution in [0.1, 0.15) is 30.7 Å². The molecule has 0 bridgehead atoms. The number of nitrogens with zero attached hydrogens (tertiary/aromatic N) is 3. The zero-order valence-electron chi connectivity index (χ0n) is 16.3. The van der Waals surface area contributed by atoms with Crippen LogP contribution < -0.4 is 0 Å². The van der Waals surface area contributed by atoms with Crippen molar-refractivity contribution in [3.8, 4) is 0 Å². The summed E-state index contributed by atoms with van der Waals surface area (Å²) in [4.78, 5) is 7.57. The Kier molecular flexibility index (Phi) is 4.84.